The first-order valence-corrected chi connectivity index (χ1v) is 10.8. The highest BCUT2D eigenvalue weighted by Gasteiger charge is 2.22. The van der Waals surface area contributed by atoms with Gasteiger partial charge in [0.25, 0.3) is 0 Å². The van der Waals surface area contributed by atoms with E-state index in [9.17, 15) is 4.39 Å². The zero-order chi connectivity index (χ0) is 20.9. The molecule has 0 atom stereocenters. The molecule has 0 saturated carbocycles. The molecule has 30 heavy (non-hydrogen) atoms. The first kappa shape index (κ1) is 21.2. The number of piperazine rings is 2. The number of nitrogens with zero attached hydrogens (tertiary/aromatic N) is 6. The van der Waals surface area contributed by atoms with Crippen LogP contribution >= 0.6 is 11.6 Å². The minimum absolute atomic E-state index is 0.203. The third-order valence-corrected chi connectivity index (χ3v) is 6.24. The number of hydrogen-bond donors (Lipinski definition) is 1. The molecule has 1 aromatic carbocycles. The van der Waals surface area contributed by atoms with Gasteiger partial charge in [-0.25, -0.2) is 4.39 Å². The third-order valence-electron chi connectivity index (χ3n) is 5.89. The maximum absolute atomic E-state index is 14.0. The first-order chi connectivity index (χ1) is 14.6. The summed E-state index contributed by atoms with van der Waals surface area (Å²) in [5.41, 5.74) is 0.566. The Balaban J connectivity index is 1.29. The highest BCUT2D eigenvalue weighted by atomic mass is 35.5. The molecule has 0 amide bonds. The molecule has 0 unspecified atom stereocenters. The van der Waals surface area contributed by atoms with Crippen LogP contribution < -0.4 is 9.80 Å². The van der Waals surface area contributed by atoms with Crippen LogP contribution in [0.5, 0.6) is 0 Å². The summed E-state index contributed by atoms with van der Waals surface area (Å²) in [6, 6.07) is 8.90. The summed E-state index contributed by atoms with van der Waals surface area (Å²) in [4.78, 5) is 8.93. The van der Waals surface area contributed by atoms with E-state index in [2.05, 4.69) is 29.8 Å². The van der Waals surface area contributed by atoms with Gasteiger partial charge < -0.3 is 14.9 Å². The van der Waals surface area contributed by atoms with Gasteiger partial charge in [-0.15, -0.1) is 10.2 Å². The van der Waals surface area contributed by atoms with Crippen molar-refractivity contribution in [2.24, 2.45) is 0 Å². The molecule has 2 aliphatic heterocycles. The molecular formula is C21H28ClFN6O. The van der Waals surface area contributed by atoms with Crippen molar-refractivity contribution < 1.29 is 9.50 Å². The van der Waals surface area contributed by atoms with Crippen molar-refractivity contribution >= 4 is 23.2 Å². The van der Waals surface area contributed by atoms with E-state index in [1.807, 2.05) is 12.1 Å². The van der Waals surface area contributed by atoms with Crippen LogP contribution in [0.25, 0.3) is 0 Å². The summed E-state index contributed by atoms with van der Waals surface area (Å²) < 4.78 is 14.0. The fraction of sp³-hybridized carbons (Fsp3) is 0.524. The molecule has 0 radical (unpaired) electrons. The molecule has 2 fully saturated rings. The summed E-state index contributed by atoms with van der Waals surface area (Å²) in [5.74, 6) is 1.53. The van der Waals surface area contributed by atoms with Crippen LogP contribution in [-0.4, -0.2) is 90.6 Å². The lowest BCUT2D eigenvalue weighted by atomic mass is 10.2. The number of aliphatic hydroxyl groups is 1. The van der Waals surface area contributed by atoms with Crippen molar-refractivity contribution in [3.63, 3.8) is 0 Å². The number of anilines is 2. The number of aromatic nitrogens is 2. The van der Waals surface area contributed by atoms with Gasteiger partial charge in [0.05, 0.1) is 6.61 Å². The lowest BCUT2D eigenvalue weighted by molar-refractivity contribution is 0.188. The second-order valence-corrected chi connectivity index (χ2v) is 8.17. The smallest absolute Gasteiger partial charge is 0.151 e. The predicted octanol–water partition coefficient (Wildman–Crippen LogP) is 1.71. The molecule has 4 rings (SSSR count). The fourth-order valence-corrected chi connectivity index (χ4v) is 4.26. The molecular weight excluding hydrogens is 407 g/mol. The second-order valence-electron chi connectivity index (χ2n) is 7.77. The van der Waals surface area contributed by atoms with E-state index < -0.39 is 0 Å². The van der Waals surface area contributed by atoms with Gasteiger partial charge in [0, 0.05) is 76.0 Å². The molecule has 2 aliphatic rings. The van der Waals surface area contributed by atoms with E-state index in [1.165, 1.54) is 6.07 Å². The minimum Gasteiger partial charge on any atom is -0.395 e. The fourth-order valence-electron chi connectivity index (χ4n) is 4.04. The molecule has 2 aromatic rings. The Labute approximate surface area is 181 Å². The molecule has 162 valence electrons. The Bertz CT molecular complexity index is 802. The number of aliphatic hydroxyl groups excluding tert-OH is 1. The van der Waals surface area contributed by atoms with Gasteiger partial charge in [-0.2, -0.15) is 0 Å². The van der Waals surface area contributed by atoms with Crippen LogP contribution in [-0.2, 0) is 6.54 Å². The highest BCUT2D eigenvalue weighted by Crippen LogP contribution is 2.22. The second kappa shape index (κ2) is 9.87. The molecule has 1 N–H and O–H groups in total. The number of benzene rings is 1. The SMILES string of the molecule is OCCN1CCN(c2ccc(N3CCN(Cc4c(F)cccc4Cl)CC3)nn2)CC1. The van der Waals surface area contributed by atoms with Crippen LogP contribution in [0.1, 0.15) is 5.56 Å². The van der Waals surface area contributed by atoms with Gasteiger partial charge >= 0.3 is 0 Å². The van der Waals surface area contributed by atoms with E-state index in [4.69, 9.17) is 16.7 Å². The van der Waals surface area contributed by atoms with Gasteiger partial charge in [-0.3, -0.25) is 9.80 Å². The zero-order valence-corrected chi connectivity index (χ0v) is 17.8. The van der Waals surface area contributed by atoms with Crippen LogP contribution in [0.4, 0.5) is 16.0 Å². The van der Waals surface area contributed by atoms with E-state index in [1.54, 1.807) is 12.1 Å². The predicted molar refractivity (Wildman–Crippen MR) is 117 cm³/mol. The summed E-state index contributed by atoms with van der Waals surface area (Å²) in [5, 5.41) is 18.4. The standard InChI is InChI=1S/C21H28ClFN6O/c22-18-2-1-3-19(23)17(18)16-27-8-12-29(13-9-27)21-5-4-20(24-25-21)28-10-6-26(7-11-28)14-15-30/h1-5,30H,6-16H2. The van der Waals surface area contributed by atoms with Gasteiger partial charge in [-0.05, 0) is 24.3 Å². The summed E-state index contributed by atoms with van der Waals surface area (Å²) in [6.07, 6.45) is 0. The van der Waals surface area contributed by atoms with E-state index in [-0.39, 0.29) is 12.4 Å². The van der Waals surface area contributed by atoms with E-state index in [0.717, 1.165) is 70.5 Å². The minimum atomic E-state index is -0.247. The zero-order valence-electron chi connectivity index (χ0n) is 17.1. The molecule has 9 heteroatoms. The lowest BCUT2D eigenvalue weighted by Crippen LogP contribution is -2.48. The Morgan fingerprint density at radius 1 is 0.833 bits per heavy atom. The lowest BCUT2D eigenvalue weighted by Gasteiger charge is -2.36. The topological polar surface area (TPSA) is 59.0 Å². The van der Waals surface area contributed by atoms with Crippen molar-refractivity contribution in [2.75, 3.05) is 75.3 Å². The monoisotopic (exact) mass is 434 g/mol. The maximum Gasteiger partial charge on any atom is 0.151 e. The highest BCUT2D eigenvalue weighted by molar-refractivity contribution is 6.31. The number of hydrogen-bond acceptors (Lipinski definition) is 7. The van der Waals surface area contributed by atoms with Gasteiger partial charge in [-0.1, -0.05) is 17.7 Å². The summed E-state index contributed by atoms with van der Waals surface area (Å²) in [7, 11) is 0. The van der Waals surface area contributed by atoms with Crippen LogP contribution in [0.15, 0.2) is 30.3 Å². The molecule has 0 aliphatic carbocycles. The van der Waals surface area contributed by atoms with Crippen molar-refractivity contribution in [3.8, 4) is 0 Å². The molecule has 0 spiro atoms. The van der Waals surface area contributed by atoms with Gasteiger partial charge in [0.2, 0.25) is 0 Å². The van der Waals surface area contributed by atoms with Crippen molar-refractivity contribution in [3.05, 3.63) is 46.7 Å². The largest absolute Gasteiger partial charge is 0.395 e. The van der Waals surface area contributed by atoms with Crippen LogP contribution in [0, 0.1) is 5.82 Å². The molecule has 0 bridgehead atoms. The Hall–Kier alpha value is -2.00. The van der Waals surface area contributed by atoms with E-state index in [0.29, 0.717) is 17.1 Å². The molecule has 2 saturated heterocycles. The van der Waals surface area contributed by atoms with Crippen molar-refractivity contribution in [1.82, 2.24) is 20.0 Å². The van der Waals surface area contributed by atoms with E-state index >= 15 is 0 Å². The number of halogens is 2. The third kappa shape index (κ3) is 5.00. The van der Waals surface area contributed by atoms with Crippen molar-refractivity contribution in [1.29, 1.82) is 0 Å². The number of β-amino-alcohol motifs (C(OH)–C–C–N with tert-alkyl or cyclic N) is 1. The van der Waals surface area contributed by atoms with Gasteiger partial charge in [0.15, 0.2) is 11.6 Å². The molecule has 3 heterocycles. The molecule has 1 aromatic heterocycles. The normalized spacial score (nSPS) is 18.8. The van der Waals surface area contributed by atoms with Crippen molar-refractivity contribution in [2.45, 2.75) is 6.54 Å². The summed E-state index contributed by atoms with van der Waals surface area (Å²) in [6.45, 7) is 8.38. The Morgan fingerprint density at radius 2 is 1.40 bits per heavy atom. The quantitative estimate of drug-likeness (QED) is 0.742. The first-order valence-electron chi connectivity index (χ1n) is 10.5. The average molecular weight is 435 g/mol. The van der Waals surface area contributed by atoms with Crippen LogP contribution in [0.3, 0.4) is 0 Å². The summed E-state index contributed by atoms with van der Waals surface area (Å²) >= 11 is 6.16. The average Bonchev–Trinajstić information content (AvgIpc) is 2.78. The van der Waals surface area contributed by atoms with Crippen LogP contribution in [0.2, 0.25) is 5.02 Å². The maximum atomic E-state index is 14.0. The van der Waals surface area contributed by atoms with Gasteiger partial charge in [0.1, 0.15) is 5.82 Å². The Kier molecular flexibility index (Phi) is 6.99. The molecule has 7 nitrogen and oxygen atoms in total. The Morgan fingerprint density at radius 3 is 1.90 bits per heavy atom. The number of rotatable bonds is 6.